The summed E-state index contributed by atoms with van der Waals surface area (Å²) in [6, 6.07) is 2.92. The third-order valence-corrected chi connectivity index (χ3v) is 3.57. The summed E-state index contributed by atoms with van der Waals surface area (Å²) in [5.74, 6) is -1.46. The highest BCUT2D eigenvalue weighted by atomic mass is 16.6. The van der Waals surface area contributed by atoms with Crippen molar-refractivity contribution in [3.05, 3.63) is 33.4 Å². The molecule has 0 saturated carbocycles. The van der Waals surface area contributed by atoms with Gasteiger partial charge in [-0.25, -0.2) is 0 Å². The summed E-state index contributed by atoms with van der Waals surface area (Å²) in [5.41, 5.74) is 1.19. The van der Waals surface area contributed by atoms with E-state index < -0.39 is 16.7 Å². The van der Waals surface area contributed by atoms with E-state index in [4.69, 9.17) is 4.74 Å². The maximum absolute atomic E-state index is 12.1. The largest absolute Gasteiger partial charge is 0.378 e. The van der Waals surface area contributed by atoms with Gasteiger partial charge in [-0.2, -0.15) is 0 Å². The third-order valence-electron chi connectivity index (χ3n) is 3.57. The quantitative estimate of drug-likeness (QED) is 0.499. The first kappa shape index (κ1) is 15.9. The van der Waals surface area contributed by atoms with Gasteiger partial charge >= 0.3 is 11.8 Å². The van der Waals surface area contributed by atoms with Gasteiger partial charge in [0.15, 0.2) is 0 Å². The molecule has 1 aliphatic rings. The lowest BCUT2D eigenvalue weighted by Gasteiger charge is -2.26. The second kappa shape index (κ2) is 6.52. The number of nitro groups is 1. The topological polar surface area (TPSA) is 102 Å². The fourth-order valence-corrected chi connectivity index (χ4v) is 2.30. The fourth-order valence-electron chi connectivity index (χ4n) is 2.30. The molecule has 8 heteroatoms. The first-order valence-electron chi connectivity index (χ1n) is 6.84. The van der Waals surface area contributed by atoms with E-state index in [9.17, 15) is 19.7 Å². The molecule has 1 N–H and O–H groups in total. The number of nitro benzene ring substituents is 1. The fraction of sp³-hybridized carbons (Fsp3) is 0.429. The van der Waals surface area contributed by atoms with Crippen LogP contribution in [0.2, 0.25) is 0 Å². The normalized spacial score (nSPS) is 14.5. The number of ether oxygens (including phenoxy) is 1. The molecule has 0 unspecified atom stereocenters. The van der Waals surface area contributed by atoms with Gasteiger partial charge < -0.3 is 15.0 Å². The van der Waals surface area contributed by atoms with Crippen molar-refractivity contribution in [3.8, 4) is 0 Å². The Morgan fingerprint density at radius 2 is 1.91 bits per heavy atom. The van der Waals surface area contributed by atoms with Gasteiger partial charge in [-0.3, -0.25) is 19.7 Å². The number of carbonyl (C=O) groups is 2. The van der Waals surface area contributed by atoms with E-state index in [1.165, 1.54) is 11.0 Å². The second-order valence-corrected chi connectivity index (χ2v) is 5.02. The summed E-state index contributed by atoms with van der Waals surface area (Å²) in [6.45, 7) is 4.77. The zero-order valence-electron chi connectivity index (χ0n) is 12.4. The van der Waals surface area contributed by atoms with Crippen LogP contribution in [0.5, 0.6) is 0 Å². The van der Waals surface area contributed by atoms with Gasteiger partial charge in [-0.15, -0.1) is 0 Å². The minimum Gasteiger partial charge on any atom is -0.378 e. The lowest BCUT2D eigenvalue weighted by molar-refractivity contribution is -0.385. The molecule has 1 aromatic rings. The van der Waals surface area contributed by atoms with E-state index in [0.717, 1.165) is 0 Å². The molecule has 0 aliphatic carbocycles. The second-order valence-electron chi connectivity index (χ2n) is 5.02. The number of anilines is 1. The lowest BCUT2D eigenvalue weighted by atomic mass is 10.1. The van der Waals surface area contributed by atoms with E-state index in [1.54, 1.807) is 19.9 Å². The first-order chi connectivity index (χ1) is 10.4. The number of carbonyl (C=O) groups excluding carboxylic acids is 2. The van der Waals surface area contributed by atoms with Gasteiger partial charge in [0, 0.05) is 19.2 Å². The van der Waals surface area contributed by atoms with Crippen LogP contribution in [0.15, 0.2) is 12.1 Å². The van der Waals surface area contributed by atoms with Gasteiger partial charge in [-0.05, 0) is 19.4 Å². The van der Waals surface area contributed by atoms with Crippen LogP contribution in [0.3, 0.4) is 0 Å². The van der Waals surface area contributed by atoms with Gasteiger partial charge in [0.25, 0.3) is 5.69 Å². The Bertz CT molecular complexity index is 623. The molecule has 0 radical (unpaired) electrons. The van der Waals surface area contributed by atoms with Crippen molar-refractivity contribution in [2.24, 2.45) is 0 Å². The molecule has 118 valence electrons. The van der Waals surface area contributed by atoms with Crippen molar-refractivity contribution in [2.45, 2.75) is 13.8 Å². The minimum atomic E-state index is -0.798. The monoisotopic (exact) mass is 307 g/mol. The van der Waals surface area contributed by atoms with Crippen LogP contribution in [-0.2, 0) is 14.3 Å². The summed E-state index contributed by atoms with van der Waals surface area (Å²) in [5, 5.41) is 13.5. The number of benzene rings is 1. The van der Waals surface area contributed by atoms with Crippen LogP contribution in [0.4, 0.5) is 11.4 Å². The number of amides is 2. The number of rotatable bonds is 2. The van der Waals surface area contributed by atoms with Gasteiger partial charge in [-0.1, -0.05) is 6.07 Å². The van der Waals surface area contributed by atoms with Crippen LogP contribution < -0.4 is 5.32 Å². The maximum Gasteiger partial charge on any atom is 0.313 e. The van der Waals surface area contributed by atoms with E-state index in [1.807, 2.05) is 0 Å². The molecule has 1 fully saturated rings. The molecule has 22 heavy (non-hydrogen) atoms. The molecule has 1 saturated heterocycles. The van der Waals surface area contributed by atoms with E-state index in [-0.39, 0.29) is 5.69 Å². The van der Waals surface area contributed by atoms with E-state index in [0.29, 0.717) is 43.1 Å². The number of nitrogens with one attached hydrogen (secondary N) is 1. The molecule has 0 atom stereocenters. The van der Waals surface area contributed by atoms with Gasteiger partial charge in [0.2, 0.25) is 0 Å². The molecule has 1 aromatic carbocycles. The highest BCUT2D eigenvalue weighted by molar-refractivity contribution is 6.39. The Morgan fingerprint density at radius 3 is 2.50 bits per heavy atom. The lowest BCUT2D eigenvalue weighted by Crippen LogP contribution is -2.46. The summed E-state index contributed by atoms with van der Waals surface area (Å²) >= 11 is 0. The van der Waals surface area contributed by atoms with Crippen LogP contribution in [0, 0.1) is 24.0 Å². The molecule has 1 aliphatic heterocycles. The zero-order chi connectivity index (χ0) is 16.3. The van der Waals surface area contributed by atoms with Gasteiger partial charge in [0.1, 0.15) is 0 Å². The predicted molar refractivity (Wildman–Crippen MR) is 78.6 cm³/mol. The molecule has 1 heterocycles. The predicted octanol–water partition coefficient (Wildman–Crippen LogP) is 1.01. The number of hydrogen-bond acceptors (Lipinski definition) is 5. The highest BCUT2D eigenvalue weighted by Gasteiger charge is 2.25. The highest BCUT2D eigenvalue weighted by Crippen LogP contribution is 2.28. The van der Waals surface area contributed by atoms with Crippen LogP contribution in [0.1, 0.15) is 11.1 Å². The van der Waals surface area contributed by atoms with Crippen molar-refractivity contribution >= 4 is 23.2 Å². The number of nitrogens with zero attached hydrogens (tertiary/aromatic N) is 2. The summed E-state index contributed by atoms with van der Waals surface area (Å²) < 4.78 is 5.13. The van der Waals surface area contributed by atoms with Crippen LogP contribution in [-0.4, -0.2) is 47.9 Å². The average molecular weight is 307 g/mol. The number of aryl methyl sites for hydroxylation is 1. The average Bonchev–Trinajstić information content (AvgIpc) is 2.50. The summed E-state index contributed by atoms with van der Waals surface area (Å²) in [6.07, 6.45) is 0. The van der Waals surface area contributed by atoms with Crippen molar-refractivity contribution in [1.29, 1.82) is 0 Å². The Kier molecular flexibility index (Phi) is 4.71. The Labute approximate surface area is 127 Å². The molecular formula is C14H17N3O5. The molecule has 8 nitrogen and oxygen atoms in total. The number of hydrogen-bond donors (Lipinski definition) is 1. The van der Waals surface area contributed by atoms with E-state index >= 15 is 0 Å². The molecule has 0 aromatic heterocycles. The molecule has 0 bridgehead atoms. The van der Waals surface area contributed by atoms with Crippen LogP contribution in [0.25, 0.3) is 0 Å². The standard InChI is InChI=1S/C14H17N3O5/c1-9-3-4-11(17(20)21)10(2)12(9)15-13(18)14(19)16-5-7-22-8-6-16/h3-4H,5-8H2,1-2H3,(H,15,18). The van der Waals surface area contributed by atoms with Crippen molar-refractivity contribution in [2.75, 3.05) is 31.6 Å². The Hall–Kier alpha value is -2.48. The maximum atomic E-state index is 12.1. The van der Waals surface area contributed by atoms with Gasteiger partial charge in [0.05, 0.1) is 29.4 Å². The number of morpholine rings is 1. The smallest absolute Gasteiger partial charge is 0.313 e. The molecular weight excluding hydrogens is 290 g/mol. The summed E-state index contributed by atoms with van der Waals surface area (Å²) in [7, 11) is 0. The van der Waals surface area contributed by atoms with Crippen molar-refractivity contribution < 1.29 is 19.2 Å². The first-order valence-corrected chi connectivity index (χ1v) is 6.84. The Morgan fingerprint density at radius 1 is 1.27 bits per heavy atom. The van der Waals surface area contributed by atoms with Crippen LogP contribution >= 0.6 is 0 Å². The minimum absolute atomic E-state index is 0.0975. The molecule has 2 rings (SSSR count). The molecule has 0 spiro atoms. The van der Waals surface area contributed by atoms with Crippen molar-refractivity contribution in [1.82, 2.24) is 4.90 Å². The summed E-state index contributed by atoms with van der Waals surface area (Å²) in [4.78, 5) is 36.0. The third kappa shape index (κ3) is 3.22. The SMILES string of the molecule is Cc1ccc([N+](=O)[O-])c(C)c1NC(=O)C(=O)N1CCOCC1. The van der Waals surface area contributed by atoms with Crippen molar-refractivity contribution in [3.63, 3.8) is 0 Å². The molecule has 2 amide bonds. The zero-order valence-corrected chi connectivity index (χ0v) is 12.4. The van der Waals surface area contributed by atoms with E-state index in [2.05, 4.69) is 5.32 Å². The Balaban J connectivity index is 2.19.